The molecule has 2 heterocycles. The number of anilines is 1. The van der Waals surface area contributed by atoms with Gasteiger partial charge in [-0.25, -0.2) is 4.98 Å². The average Bonchev–Trinajstić information content (AvgIpc) is 2.89. The smallest absolute Gasteiger partial charge is 0.321 e. The highest BCUT2D eigenvalue weighted by molar-refractivity contribution is 7.17. The second kappa shape index (κ2) is 5.90. The van der Waals surface area contributed by atoms with Gasteiger partial charge in [-0.15, -0.1) is 11.3 Å². The number of halogens is 3. The van der Waals surface area contributed by atoms with Gasteiger partial charge in [-0.3, -0.25) is 4.79 Å². The number of hydrogen-bond donors (Lipinski definition) is 1. The number of amides is 1. The van der Waals surface area contributed by atoms with E-state index in [1.807, 2.05) is 19.9 Å². The van der Waals surface area contributed by atoms with Crippen LogP contribution in [0.25, 0.3) is 10.2 Å². The first-order chi connectivity index (χ1) is 11.3. The van der Waals surface area contributed by atoms with Gasteiger partial charge in [-0.05, 0) is 49.7 Å². The van der Waals surface area contributed by atoms with Crippen LogP contribution in [0.3, 0.4) is 0 Å². The molecular weight excluding hydrogens is 337 g/mol. The fourth-order valence-corrected chi connectivity index (χ4v) is 3.48. The molecule has 1 amide bonds. The van der Waals surface area contributed by atoms with Crippen LogP contribution in [0, 0.1) is 13.8 Å². The number of nitrogens with zero attached hydrogens (tertiary/aromatic N) is 1. The molecule has 3 nitrogen and oxygen atoms in total. The minimum atomic E-state index is -4.42. The summed E-state index contributed by atoms with van der Waals surface area (Å²) in [5.41, 5.74) is 1.88. The maximum Gasteiger partial charge on any atom is 0.416 e. The Morgan fingerprint density at radius 1 is 1.17 bits per heavy atom. The van der Waals surface area contributed by atoms with Crippen LogP contribution in [0.5, 0.6) is 0 Å². The molecule has 0 spiro atoms. The largest absolute Gasteiger partial charge is 0.416 e. The zero-order valence-corrected chi connectivity index (χ0v) is 13.7. The minimum absolute atomic E-state index is 0.167. The van der Waals surface area contributed by atoms with E-state index in [2.05, 4.69) is 10.3 Å². The fourth-order valence-electron chi connectivity index (χ4n) is 2.49. The number of pyridine rings is 1. The van der Waals surface area contributed by atoms with E-state index in [1.54, 1.807) is 5.38 Å². The van der Waals surface area contributed by atoms with E-state index in [1.165, 1.54) is 23.5 Å². The van der Waals surface area contributed by atoms with Crippen molar-refractivity contribution in [1.29, 1.82) is 0 Å². The molecule has 124 valence electrons. The number of aryl methyl sites for hydroxylation is 2. The lowest BCUT2D eigenvalue weighted by Crippen LogP contribution is -2.12. The monoisotopic (exact) mass is 350 g/mol. The molecule has 0 saturated carbocycles. The number of carbonyl (C=O) groups is 1. The van der Waals surface area contributed by atoms with Crippen molar-refractivity contribution in [2.75, 3.05) is 5.32 Å². The van der Waals surface area contributed by atoms with Crippen molar-refractivity contribution in [2.24, 2.45) is 0 Å². The molecule has 1 N–H and O–H groups in total. The van der Waals surface area contributed by atoms with E-state index < -0.39 is 17.6 Å². The van der Waals surface area contributed by atoms with Gasteiger partial charge in [0.2, 0.25) is 0 Å². The van der Waals surface area contributed by atoms with Crippen LogP contribution in [-0.2, 0) is 6.18 Å². The first-order valence-electron chi connectivity index (χ1n) is 7.10. The number of hydrogen-bond acceptors (Lipinski definition) is 3. The molecule has 0 fully saturated rings. The predicted molar refractivity (Wildman–Crippen MR) is 88.5 cm³/mol. The topological polar surface area (TPSA) is 42.0 Å². The third-order valence-corrected chi connectivity index (χ3v) is 4.46. The summed E-state index contributed by atoms with van der Waals surface area (Å²) in [6, 6.07) is 6.06. The second-order valence-corrected chi connectivity index (χ2v) is 6.30. The third-order valence-electron chi connectivity index (χ3n) is 3.59. The van der Waals surface area contributed by atoms with Crippen LogP contribution in [-0.4, -0.2) is 10.9 Å². The van der Waals surface area contributed by atoms with E-state index in [-0.39, 0.29) is 5.56 Å². The van der Waals surface area contributed by atoms with Crippen molar-refractivity contribution in [3.8, 4) is 0 Å². The fraction of sp³-hybridized carbons (Fsp3) is 0.176. The molecule has 2 aromatic heterocycles. The minimum Gasteiger partial charge on any atom is -0.321 e. The number of rotatable bonds is 2. The lowest BCUT2D eigenvalue weighted by atomic mass is 10.1. The summed E-state index contributed by atoms with van der Waals surface area (Å²) in [4.78, 5) is 17.5. The van der Waals surface area contributed by atoms with Gasteiger partial charge in [0.1, 0.15) is 4.83 Å². The Kier molecular flexibility index (Phi) is 4.04. The number of benzene rings is 1. The number of nitrogens with one attached hydrogen (secondary N) is 1. The molecular formula is C17H13F3N2OS. The molecule has 0 atom stereocenters. The second-order valence-electron chi connectivity index (χ2n) is 5.44. The van der Waals surface area contributed by atoms with E-state index in [0.29, 0.717) is 5.69 Å². The number of alkyl halides is 3. The van der Waals surface area contributed by atoms with Gasteiger partial charge in [0, 0.05) is 22.0 Å². The Morgan fingerprint density at radius 3 is 2.46 bits per heavy atom. The van der Waals surface area contributed by atoms with Crippen LogP contribution in [0.2, 0.25) is 0 Å². The number of carbonyl (C=O) groups excluding carboxylic acids is 1. The van der Waals surface area contributed by atoms with Crippen molar-refractivity contribution in [3.63, 3.8) is 0 Å². The summed E-state index contributed by atoms with van der Waals surface area (Å²) >= 11 is 1.41. The maximum absolute atomic E-state index is 12.6. The van der Waals surface area contributed by atoms with Crippen LogP contribution >= 0.6 is 11.3 Å². The molecule has 3 rings (SSSR count). The van der Waals surface area contributed by atoms with Crippen molar-refractivity contribution in [2.45, 2.75) is 20.0 Å². The predicted octanol–water partition coefficient (Wildman–Crippen LogP) is 5.18. The highest BCUT2D eigenvalue weighted by atomic mass is 32.1. The van der Waals surface area contributed by atoms with Gasteiger partial charge in [0.05, 0.1) is 11.3 Å². The van der Waals surface area contributed by atoms with Crippen LogP contribution in [0.1, 0.15) is 27.2 Å². The Bertz CT molecular complexity index is 914. The van der Waals surface area contributed by atoms with Gasteiger partial charge >= 0.3 is 6.18 Å². The molecule has 24 heavy (non-hydrogen) atoms. The Hall–Kier alpha value is -2.41. The first-order valence-corrected chi connectivity index (χ1v) is 7.98. The zero-order valence-electron chi connectivity index (χ0n) is 12.9. The molecule has 1 aromatic carbocycles. The highest BCUT2D eigenvalue weighted by Gasteiger charge is 2.30. The molecule has 3 aromatic rings. The van der Waals surface area contributed by atoms with Crippen LogP contribution < -0.4 is 5.32 Å². The summed E-state index contributed by atoms with van der Waals surface area (Å²) in [7, 11) is 0. The molecule has 0 aliphatic rings. The van der Waals surface area contributed by atoms with Crippen molar-refractivity contribution in [3.05, 3.63) is 58.1 Å². The van der Waals surface area contributed by atoms with Crippen LogP contribution in [0.4, 0.5) is 18.9 Å². The first kappa shape index (κ1) is 16.4. The Labute approximate surface area is 140 Å². The van der Waals surface area contributed by atoms with Crippen molar-refractivity contribution in [1.82, 2.24) is 4.98 Å². The van der Waals surface area contributed by atoms with E-state index in [4.69, 9.17) is 0 Å². The van der Waals surface area contributed by atoms with E-state index >= 15 is 0 Å². The third kappa shape index (κ3) is 3.12. The number of fused-ring (bicyclic) bond motifs is 1. The summed E-state index contributed by atoms with van der Waals surface area (Å²) in [5.74, 6) is -0.455. The van der Waals surface area contributed by atoms with Gasteiger partial charge in [0.25, 0.3) is 5.91 Å². The maximum atomic E-state index is 12.6. The summed E-state index contributed by atoms with van der Waals surface area (Å²) in [6.07, 6.45) is -4.42. The molecule has 0 bridgehead atoms. The standard InChI is InChI=1S/C17H13F3N2OS/c1-9-7-10(2)21-16-14(9)13(8-24-16)22-15(23)11-3-5-12(6-4-11)17(18,19)20/h3-8H,1-2H3,(H,22,23). The summed E-state index contributed by atoms with van der Waals surface area (Å²) < 4.78 is 37.7. The lowest BCUT2D eigenvalue weighted by molar-refractivity contribution is -0.137. The molecule has 0 saturated heterocycles. The van der Waals surface area contributed by atoms with Crippen molar-refractivity contribution >= 4 is 33.1 Å². The van der Waals surface area contributed by atoms with Gasteiger partial charge in [-0.1, -0.05) is 0 Å². The quantitative estimate of drug-likeness (QED) is 0.691. The normalized spacial score (nSPS) is 11.7. The number of aromatic nitrogens is 1. The summed E-state index contributed by atoms with van der Waals surface area (Å²) in [6.45, 7) is 3.82. The molecule has 0 radical (unpaired) electrons. The number of thiophene rings is 1. The van der Waals surface area contributed by atoms with Crippen LogP contribution in [0.15, 0.2) is 35.7 Å². The van der Waals surface area contributed by atoms with E-state index in [0.717, 1.165) is 33.6 Å². The SMILES string of the molecule is Cc1cc(C)c2c(NC(=O)c3ccc(C(F)(F)F)cc3)csc2n1. The molecule has 7 heteroatoms. The van der Waals surface area contributed by atoms with Gasteiger partial charge in [-0.2, -0.15) is 13.2 Å². The lowest BCUT2D eigenvalue weighted by Gasteiger charge is -2.08. The van der Waals surface area contributed by atoms with Crippen molar-refractivity contribution < 1.29 is 18.0 Å². The highest BCUT2D eigenvalue weighted by Crippen LogP contribution is 2.33. The Morgan fingerprint density at radius 2 is 1.83 bits per heavy atom. The molecule has 0 aliphatic heterocycles. The van der Waals surface area contributed by atoms with Gasteiger partial charge in [0.15, 0.2) is 0 Å². The summed E-state index contributed by atoms with van der Waals surface area (Å²) in [5, 5.41) is 5.39. The van der Waals surface area contributed by atoms with Gasteiger partial charge < -0.3 is 5.32 Å². The average molecular weight is 350 g/mol. The van der Waals surface area contributed by atoms with E-state index in [9.17, 15) is 18.0 Å². The Balaban J connectivity index is 1.88. The molecule has 0 unspecified atom stereocenters. The zero-order chi connectivity index (χ0) is 17.5. The molecule has 0 aliphatic carbocycles.